The maximum Gasteiger partial charge on any atom is 0.228 e. The van der Waals surface area contributed by atoms with Gasteiger partial charge in [0.15, 0.2) is 11.6 Å². The molecule has 1 amide bonds. The summed E-state index contributed by atoms with van der Waals surface area (Å²) in [5.41, 5.74) is 5.52. The van der Waals surface area contributed by atoms with Crippen LogP contribution >= 0.6 is 0 Å². The highest BCUT2D eigenvalue weighted by molar-refractivity contribution is 5.97. The van der Waals surface area contributed by atoms with E-state index < -0.39 is 5.82 Å². The van der Waals surface area contributed by atoms with Crippen molar-refractivity contribution < 1.29 is 9.18 Å². The highest BCUT2D eigenvalue weighted by atomic mass is 19.1. The molecule has 0 bridgehead atoms. The van der Waals surface area contributed by atoms with E-state index in [4.69, 9.17) is 4.98 Å². The number of piperidine rings is 1. The third-order valence-electron chi connectivity index (χ3n) is 7.46. The molecule has 10 heteroatoms. The first-order valence-corrected chi connectivity index (χ1v) is 13.7. The van der Waals surface area contributed by atoms with Crippen molar-refractivity contribution in [2.45, 2.75) is 25.7 Å². The summed E-state index contributed by atoms with van der Waals surface area (Å²) in [4.78, 5) is 31.7. The van der Waals surface area contributed by atoms with Crippen LogP contribution in [0.1, 0.15) is 24.8 Å². The van der Waals surface area contributed by atoms with E-state index in [1.807, 2.05) is 42.5 Å². The lowest BCUT2D eigenvalue weighted by atomic mass is 10.1. The number of fused-ring (bicyclic) bond motifs is 2. The summed E-state index contributed by atoms with van der Waals surface area (Å²) < 4.78 is 16.2. The van der Waals surface area contributed by atoms with E-state index in [0.29, 0.717) is 28.3 Å². The van der Waals surface area contributed by atoms with E-state index >= 15 is 4.39 Å². The summed E-state index contributed by atoms with van der Waals surface area (Å²) >= 11 is 0. The van der Waals surface area contributed by atoms with Gasteiger partial charge >= 0.3 is 0 Å². The number of carbonyl (C=O) groups excluding carboxylic acids is 1. The van der Waals surface area contributed by atoms with Gasteiger partial charge in [0.05, 0.1) is 46.6 Å². The fourth-order valence-corrected chi connectivity index (χ4v) is 5.49. The number of hydrogen-bond donors (Lipinski definition) is 3. The molecule has 0 saturated carbocycles. The molecule has 6 aromatic rings. The molecular formula is C31H27FN8O. The predicted octanol–water partition coefficient (Wildman–Crippen LogP) is 5.87. The first-order valence-electron chi connectivity index (χ1n) is 13.7. The molecule has 0 radical (unpaired) electrons. The molecule has 1 aliphatic rings. The first-order chi connectivity index (χ1) is 20.1. The Bertz CT molecular complexity index is 1870. The number of imidazole rings is 1. The largest absolute Gasteiger partial charge is 0.370 e. The number of amides is 1. The average Bonchev–Trinajstić information content (AvgIpc) is 3.63. The van der Waals surface area contributed by atoms with Crippen LogP contribution in [-0.4, -0.2) is 49.1 Å². The fourth-order valence-electron chi connectivity index (χ4n) is 5.49. The van der Waals surface area contributed by atoms with Gasteiger partial charge in [0.2, 0.25) is 5.91 Å². The van der Waals surface area contributed by atoms with E-state index in [9.17, 15) is 4.79 Å². The molecule has 204 valence electrons. The van der Waals surface area contributed by atoms with Gasteiger partial charge in [-0.1, -0.05) is 36.4 Å². The SMILES string of the molecule is O=C(Cc1ccccc1)Nc1cncc(-c2ncc3[nH]nc(-c4nc5c(N6CCCCC6)cccc5[nH]4)c3c2F)c1. The molecule has 3 N–H and O–H groups in total. The summed E-state index contributed by atoms with van der Waals surface area (Å²) in [5, 5.41) is 10.4. The van der Waals surface area contributed by atoms with Crippen molar-refractivity contribution in [3.05, 3.63) is 84.6 Å². The molecular weight excluding hydrogens is 519 g/mol. The Hall–Kier alpha value is -5.12. The van der Waals surface area contributed by atoms with Crippen molar-refractivity contribution in [1.29, 1.82) is 0 Å². The normalized spacial score (nSPS) is 13.6. The molecule has 1 aliphatic heterocycles. The highest BCUT2D eigenvalue weighted by Crippen LogP contribution is 2.35. The zero-order valence-corrected chi connectivity index (χ0v) is 22.2. The van der Waals surface area contributed by atoms with Crippen LogP contribution in [0, 0.1) is 5.82 Å². The van der Waals surface area contributed by atoms with Crippen LogP contribution in [0.3, 0.4) is 0 Å². The van der Waals surface area contributed by atoms with Gasteiger partial charge in [-0.25, -0.2) is 9.37 Å². The van der Waals surface area contributed by atoms with Crippen LogP contribution in [0.15, 0.2) is 73.2 Å². The number of rotatable bonds is 6. The van der Waals surface area contributed by atoms with Crippen molar-refractivity contribution in [2.24, 2.45) is 0 Å². The third-order valence-corrected chi connectivity index (χ3v) is 7.46. The second kappa shape index (κ2) is 10.5. The standard InChI is InChI=1S/C31H27FN8O/c32-27-26-23(18-34-28(27)20-15-21(17-33-16-20)35-25(41)14-19-8-3-1-4-9-19)38-39-30(26)31-36-22-10-7-11-24(29(22)37-31)40-12-5-2-6-13-40/h1,3-4,7-11,15-18H,2,5-6,12-14H2,(H,35,41)(H,36,37)(H,38,39). The summed E-state index contributed by atoms with van der Waals surface area (Å²) in [6.45, 7) is 1.99. The number of aromatic nitrogens is 6. The number of para-hydroxylation sites is 1. The maximum absolute atomic E-state index is 16.2. The van der Waals surface area contributed by atoms with E-state index in [2.05, 4.69) is 41.4 Å². The molecule has 4 aromatic heterocycles. The Morgan fingerprint density at radius 3 is 2.66 bits per heavy atom. The smallest absolute Gasteiger partial charge is 0.228 e. The topological polar surface area (TPSA) is 115 Å². The van der Waals surface area contributed by atoms with E-state index in [1.165, 1.54) is 18.8 Å². The van der Waals surface area contributed by atoms with Gasteiger partial charge < -0.3 is 15.2 Å². The van der Waals surface area contributed by atoms with Crippen molar-refractivity contribution >= 4 is 39.2 Å². The molecule has 1 fully saturated rings. The fraction of sp³-hybridized carbons (Fsp3) is 0.194. The number of pyridine rings is 2. The number of carbonyl (C=O) groups is 1. The number of hydrogen-bond acceptors (Lipinski definition) is 6. The summed E-state index contributed by atoms with van der Waals surface area (Å²) in [5.74, 6) is -0.255. The number of anilines is 2. The number of halogens is 1. The Balaban J connectivity index is 1.22. The molecule has 41 heavy (non-hydrogen) atoms. The van der Waals surface area contributed by atoms with Gasteiger partial charge in [-0.2, -0.15) is 5.10 Å². The van der Waals surface area contributed by atoms with Crippen LogP contribution in [0.4, 0.5) is 15.8 Å². The summed E-state index contributed by atoms with van der Waals surface area (Å²) in [6, 6.07) is 17.2. The predicted molar refractivity (Wildman–Crippen MR) is 157 cm³/mol. The van der Waals surface area contributed by atoms with E-state index in [1.54, 1.807) is 12.3 Å². The summed E-state index contributed by atoms with van der Waals surface area (Å²) in [6.07, 6.45) is 8.38. The number of nitrogens with one attached hydrogen (secondary N) is 3. The molecule has 0 spiro atoms. The molecule has 0 unspecified atom stereocenters. The van der Waals surface area contributed by atoms with Crippen LogP contribution in [0.25, 0.3) is 44.7 Å². The Labute approximate surface area is 234 Å². The van der Waals surface area contributed by atoms with Crippen LogP contribution in [0.2, 0.25) is 0 Å². The molecule has 9 nitrogen and oxygen atoms in total. The van der Waals surface area contributed by atoms with E-state index in [0.717, 1.165) is 48.2 Å². The van der Waals surface area contributed by atoms with Crippen LogP contribution in [0.5, 0.6) is 0 Å². The number of nitrogens with zero attached hydrogens (tertiary/aromatic N) is 5. The lowest BCUT2D eigenvalue weighted by molar-refractivity contribution is -0.115. The molecule has 2 aromatic carbocycles. The number of benzene rings is 2. The second-order valence-corrected chi connectivity index (χ2v) is 10.3. The van der Waals surface area contributed by atoms with E-state index in [-0.39, 0.29) is 23.4 Å². The van der Waals surface area contributed by atoms with Crippen molar-refractivity contribution in [2.75, 3.05) is 23.3 Å². The van der Waals surface area contributed by atoms with Gasteiger partial charge in [0.25, 0.3) is 0 Å². The number of H-pyrrole nitrogens is 2. The zero-order chi connectivity index (χ0) is 27.8. The lowest BCUT2D eigenvalue weighted by Gasteiger charge is -2.28. The number of aromatic amines is 2. The van der Waals surface area contributed by atoms with Gasteiger partial charge in [0.1, 0.15) is 16.9 Å². The average molecular weight is 547 g/mol. The molecule has 7 rings (SSSR count). The minimum Gasteiger partial charge on any atom is -0.370 e. The second-order valence-electron chi connectivity index (χ2n) is 10.3. The Kier molecular flexibility index (Phi) is 6.35. The Morgan fingerprint density at radius 2 is 1.80 bits per heavy atom. The molecule has 0 aliphatic carbocycles. The lowest BCUT2D eigenvalue weighted by Crippen LogP contribution is -2.29. The van der Waals surface area contributed by atoms with Crippen molar-refractivity contribution in [1.82, 2.24) is 30.1 Å². The minimum absolute atomic E-state index is 0.108. The van der Waals surface area contributed by atoms with Crippen LogP contribution < -0.4 is 10.2 Å². The minimum atomic E-state index is -0.544. The zero-order valence-electron chi connectivity index (χ0n) is 22.2. The first kappa shape index (κ1) is 24.9. The van der Waals surface area contributed by atoms with Gasteiger partial charge in [-0.3, -0.25) is 19.9 Å². The van der Waals surface area contributed by atoms with Crippen LogP contribution in [-0.2, 0) is 11.2 Å². The monoisotopic (exact) mass is 546 g/mol. The maximum atomic E-state index is 16.2. The van der Waals surface area contributed by atoms with Crippen molar-refractivity contribution in [3.63, 3.8) is 0 Å². The van der Waals surface area contributed by atoms with Crippen molar-refractivity contribution in [3.8, 4) is 22.8 Å². The van der Waals surface area contributed by atoms with Gasteiger partial charge in [-0.05, 0) is 43.0 Å². The summed E-state index contributed by atoms with van der Waals surface area (Å²) in [7, 11) is 0. The molecule has 0 atom stereocenters. The third kappa shape index (κ3) is 4.77. The van der Waals surface area contributed by atoms with Gasteiger partial charge in [0, 0.05) is 24.8 Å². The Morgan fingerprint density at radius 1 is 0.951 bits per heavy atom. The molecule has 1 saturated heterocycles. The quantitative estimate of drug-likeness (QED) is 0.241. The van der Waals surface area contributed by atoms with Gasteiger partial charge in [-0.15, -0.1) is 0 Å². The highest BCUT2D eigenvalue weighted by Gasteiger charge is 2.22. The molecule has 5 heterocycles.